The quantitative estimate of drug-likeness (QED) is 0.361. The summed E-state index contributed by atoms with van der Waals surface area (Å²) in [4.78, 5) is 21.0. The second kappa shape index (κ2) is 9.26. The molecular formula is C18H20N4O6S. The molecule has 0 aliphatic heterocycles. The maximum atomic E-state index is 12.9. The Balaban J connectivity index is 2.36. The van der Waals surface area contributed by atoms with Crippen LogP contribution >= 0.6 is 0 Å². The largest absolute Gasteiger partial charge is 0.478 e. The Bertz CT molecular complexity index is 1030. The summed E-state index contributed by atoms with van der Waals surface area (Å²) in [5.41, 5.74) is 3.04. The SMILES string of the molecule is CCN(CC)S(=O)(=O)c1cc([N+](=O)[O-])ccc1NN=Cc1ccc(C(=O)O)cc1. The molecule has 2 rings (SSSR count). The molecule has 154 valence electrons. The zero-order chi connectivity index (χ0) is 21.6. The zero-order valence-corrected chi connectivity index (χ0v) is 16.6. The number of carboxylic acid groups (broad SMARTS) is 1. The maximum Gasteiger partial charge on any atom is 0.335 e. The van der Waals surface area contributed by atoms with Gasteiger partial charge in [-0.1, -0.05) is 26.0 Å². The fourth-order valence-corrected chi connectivity index (χ4v) is 4.14. The molecule has 10 nitrogen and oxygen atoms in total. The molecular weight excluding hydrogens is 400 g/mol. The second-order valence-corrected chi connectivity index (χ2v) is 7.73. The summed E-state index contributed by atoms with van der Waals surface area (Å²) in [7, 11) is -3.97. The number of nitro benzene ring substituents is 1. The first-order chi connectivity index (χ1) is 13.7. The molecule has 0 bridgehead atoms. The fraction of sp³-hybridized carbons (Fsp3) is 0.222. The van der Waals surface area contributed by atoms with E-state index in [1.54, 1.807) is 13.8 Å². The third-order valence-electron chi connectivity index (χ3n) is 4.06. The number of rotatable bonds is 9. The molecule has 0 amide bonds. The van der Waals surface area contributed by atoms with E-state index in [-0.39, 0.29) is 34.9 Å². The predicted octanol–water partition coefficient (Wildman–Crippen LogP) is 2.77. The number of carboxylic acids is 1. The van der Waals surface area contributed by atoms with Crippen LogP contribution in [0.2, 0.25) is 0 Å². The molecule has 2 aromatic carbocycles. The number of sulfonamides is 1. The lowest BCUT2D eigenvalue weighted by Crippen LogP contribution is -2.31. The number of hydrazone groups is 1. The lowest BCUT2D eigenvalue weighted by atomic mass is 10.1. The number of hydrogen-bond donors (Lipinski definition) is 2. The van der Waals surface area contributed by atoms with Crippen LogP contribution in [0.1, 0.15) is 29.8 Å². The van der Waals surface area contributed by atoms with Crippen LogP contribution in [-0.4, -0.2) is 48.0 Å². The molecule has 0 unspecified atom stereocenters. The van der Waals surface area contributed by atoms with Crippen molar-refractivity contribution < 1.29 is 23.2 Å². The van der Waals surface area contributed by atoms with Gasteiger partial charge in [0, 0.05) is 25.2 Å². The molecule has 0 radical (unpaired) electrons. The van der Waals surface area contributed by atoms with Crippen molar-refractivity contribution in [2.24, 2.45) is 5.10 Å². The Hall–Kier alpha value is -3.31. The van der Waals surface area contributed by atoms with E-state index in [2.05, 4.69) is 10.5 Å². The van der Waals surface area contributed by atoms with Gasteiger partial charge in [0.05, 0.1) is 22.4 Å². The second-order valence-electron chi connectivity index (χ2n) is 5.82. The number of aromatic carboxylic acids is 1. The van der Waals surface area contributed by atoms with Crippen molar-refractivity contribution in [1.82, 2.24) is 4.31 Å². The molecule has 0 heterocycles. The van der Waals surface area contributed by atoms with Crippen molar-refractivity contribution in [3.05, 3.63) is 63.7 Å². The number of nitro groups is 1. The minimum absolute atomic E-state index is 0.0842. The van der Waals surface area contributed by atoms with Crippen LogP contribution in [0.4, 0.5) is 11.4 Å². The van der Waals surface area contributed by atoms with Crippen LogP contribution in [0.25, 0.3) is 0 Å². The summed E-state index contributed by atoms with van der Waals surface area (Å²) in [6, 6.07) is 9.35. The average Bonchev–Trinajstić information content (AvgIpc) is 2.69. The standard InChI is InChI=1S/C18H20N4O6S/c1-3-21(4-2)29(27,28)17-11-15(22(25)26)9-10-16(17)20-19-12-13-5-7-14(8-6-13)18(23)24/h5-12,20H,3-4H2,1-2H3,(H,23,24). The molecule has 0 fully saturated rings. The van der Waals surface area contributed by atoms with Gasteiger partial charge in [-0.25, -0.2) is 13.2 Å². The van der Waals surface area contributed by atoms with E-state index in [9.17, 15) is 23.3 Å². The Labute approximate surface area is 167 Å². The van der Waals surface area contributed by atoms with Gasteiger partial charge in [0.1, 0.15) is 4.90 Å². The molecule has 0 atom stereocenters. The van der Waals surface area contributed by atoms with Crippen LogP contribution in [0.3, 0.4) is 0 Å². The summed E-state index contributed by atoms with van der Waals surface area (Å²) in [5.74, 6) is -1.05. The van der Waals surface area contributed by atoms with Crippen LogP contribution in [0.15, 0.2) is 52.5 Å². The van der Waals surface area contributed by atoms with Gasteiger partial charge in [-0.2, -0.15) is 9.41 Å². The van der Waals surface area contributed by atoms with Gasteiger partial charge in [0.25, 0.3) is 5.69 Å². The molecule has 0 aromatic heterocycles. The van der Waals surface area contributed by atoms with E-state index in [0.29, 0.717) is 5.56 Å². The van der Waals surface area contributed by atoms with E-state index >= 15 is 0 Å². The van der Waals surface area contributed by atoms with Gasteiger partial charge < -0.3 is 5.11 Å². The van der Waals surface area contributed by atoms with Crippen LogP contribution in [-0.2, 0) is 10.0 Å². The molecule has 11 heteroatoms. The lowest BCUT2D eigenvalue weighted by Gasteiger charge is -2.20. The van der Waals surface area contributed by atoms with Gasteiger partial charge in [0.2, 0.25) is 10.0 Å². The van der Waals surface area contributed by atoms with Crippen molar-refractivity contribution in [1.29, 1.82) is 0 Å². The molecule has 0 spiro atoms. The average molecular weight is 420 g/mol. The molecule has 0 saturated heterocycles. The maximum absolute atomic E-state index is 12.9. The highest BCUT2D eigenvalue weighted by Crippen LogP contribution is 2.29. The molecule has 0 aliphatic carbocycles. The van der Waals surface area contributed by atoms with Gasteiger partial charge in [0.15, 0.2) is 0 Å². The monoisotopic (exact) mass is 420 g/mol. The normalized spacial score (nSPS) is 11.7. The lowest BCUT2D eigenvalue weighted by molar-refractivity contribution is -0.385. The zero-order valence-electron chi connectivity index (χ0n) is 15.8. The first-order valence-corrected chi connectivity index (χ1v) is 10.1. The Morgan fingerprint density at radius 1 is 1.21 bits per heavy atom. The van der Waals surface area contributed by atoms with E-state index in [1.807, 2.05) is 0 Å². The van der Waals surface area contributed by atoms with Crippen LogP contribution in [0.5, 0.6) is 0 Å². The molecule has 2 N–H and O–H groups in total. The molecule has 0 saturated carbocycles. The third-order valence-corrected chi connectivity index (χ3v) is 6.15. The minimum Gasteiger partial charge on any atom is -0.478 e. The molecule has 29 heavy (non-hydrogen) atoms. The number of anilines is 1. The van der Waals surface area contributed by atoms with Crippen molar-refractivity contribution in [2.45, 2.75) is 18.7 Å². The number of non-ortho nitro benzene ring substituents is 1. The number of nitrogens with one attached hydrogen (secondary N) is 1. The predicted molar refractivity (Wildman–Crippen MR) is 108 cm³/mol. The first-order valence-electron chi connectivity index (χ1n) is 8.61. The molecule has 0 aliphatic rings. The molecule has 2 aromatic rings. The van der Waals surface area contributed by atoms with Crippen LogP contribution < -0.4 is 5.43 Å². The summed E-state index contributed by atoms with van der Waals surface area (Å²) < 4.78 is 26.9. The van der Waals surface area contributed by atoms with E-state index in [1.165, 1.54) is 46.9 Å². The highest BCUT2D eigenvalue weighted by atomic mass is 32.2. The highest BCUT2D eigenvalue weighted by molar-refractivity contribution is 7.89. The highest BCUT2D eigenvalue weighted by Gasteiger charge is 2.27. The van der Waals surface area contributed by atoms with E-state index in [0.717, 1.165) is 6.07 Å². The van der Waals surface area contributed by atoms with Crippen molar-refractivity contribution in [2.75, 3.05) is 18.5 Å². The van der Waals surface area contributed by atoms with E-state index < -0.39 is 20.9 Å². The fourth-order valence-electron chi connectivity index (χ4n) is 2.52. The number of benzene rings is 2. The number of carbonyl (C=O) groups is 1. The minimum atomic E-state index is -3.97. The Morgan fingerprint density at radius 3 is 2.34 bits per heavy atom. The summed E-state index contributed by atoms with van der Waals surface area (Å²) in [6.45, 7) is 3.76. The van der Waals surface area contributed by atoms with E-state index in [4.69, 9.17) is 5.11 Å². The summed E-state index contributed by atoms with van der Waals surface area (Å²) in [5, 5.41) is 24.0. The Kier molecular flexibility index (Phi) is 7.02. The smallest absolute Gasteiger partial charge is 0.335 e. The van der Waals surface area contributed by atoms with Crippen molar-refractivity contribution in [3.63, 3.8) is 0 Å². The number of hydrogen-bond acceptors (Lipinski definition) is 7. The van der Waals surface area contributed by atoms with Gasteiger partial charge in [-0.3, -0.25) is 15.5 Å². The first kappa shape index (κ1) is 22.0. The number of nitrogens with zero attached hydrogens (tertiary/aromatic N) is 3. The van der Waals surface area contributed by atoms with Gasteiger partial charge in [-0.05, 0) is 23.8 Å². The summed E-state index contributed by atoms with van der Waals surface area (Å²) >= 11 is 0. The van der Waals surface area contributed by atoms with Crippen molar-refractivity contribution in [3.8, 4) is 0 Å². The van der Waals surface area contributed by atoms with Crippen molar-refractivity contribution >= 4 is 33.6 Å². The topological polar surface area (TPSA) is 142 Å². The van der Waals surface area contributed by atoms with Gasteiger partial charge in [-0.15, -0.1) is 0 Å². The summed E-state index contributed by atoms with van der Waals surface area (Å²) in [6.07, 6.45) is 1.38. The third kappa shape index (κ3) is 5.15. The Morgan fingerprint density at radius 2 is 1.83 bits per heavy atom. The van der Waals surface area contributed by atoms with Gasteiger partial charge >= 0.3 is 5.97 Å². The van der Waals surface area contributed by atoms with Crippen LogP contribution in [0, 0.1) is 10.1 Å².